The number of nitrogens with one attached hydrogen (secondary N) is 2. The molecule has 0 aliphatic heterocycles. The van der Waals surface area contributed by atoms with Gasteiger partial charge in [0, 0.05) is 17.8 Å². The SMILES string of the molecule is CCNS(=O)(=O)c1cc(C(=O)Nc2ccccc2)ccc1OCC. The molecule has 0 aliphatic rings. The van der Waals surface area contributed by atoms with Crippen molar-refractivity contribution in [2.75, 3.05) is 18.5 Å². The van der Waals surface area contributed by atoms with Crippen molar-refractivity contribution in [2.24, 2.45) is 0 Å². The van der Waals surface area contributed by atoms with Crippen LogP contribution in [-0.4, -0.2) is 27.5 Å². The third-order valence-corrected chi connectivity index (χ3v) is 4.73. The smallest absolute Gasteiger partial charge is 0.255 e. The second-order valence-corrected chi connectivity index (χ2v) is 6.65. The number of amides is 1. The summed E-state index contributed by atoms with van der Waals surface area (Å²) >= 11 is 0. The van der Waals surface area contributed by atoms with E-state index >= 15 is 0 Å². The third-order valence-electron chi connectivity index (χ3n) is 3.16. The lowest BCUT2D eigenvalue weighted by Gasteiger charge is -2.13. The minimum atomic E-state index is -3.75. The number of rotatable bonds is 7. The lowest BCUT2D eigenvalue weighted by atomic mass is 10.2. The largest absolute Gasteiger partial charge is 0.492 e. The topological polar surface area (TPSA) is 84.5 Å². The standard InChI is InChI=1S/C17H20N2O4S/c1-3-18-24(21,22)16-12-13(10-11-15(16)23-4-2)17(20)19-14-8-6-5-7-9-14/h5-12,18H,3-4H2,1-2H3,(H,19,20). The molecule has 24 heavy (non-hydrogen) atoms. The highest BCUT2D eigenvalue weighted by molar-refractivity contribution is 7.89. The zero-order valence-corrected chi connectivity index (χ0v) is 14.4. The first-order chi connectivity index (χ1) is 11.5. The van der Waals surface area contributed by atoms with Gasteiger partial charge in [-0.3, -0.25) is 4.79 Å². The summed E-state index contributed by atoms with van der Waals surface area (Å²) in [6.45, 7) is 4.02. The molecule has 0 bridgehead atoms. The quantitative estimate of drug-likeness (QED) is 0.805. The molecule has 0 fully saturated rings. The average molecular weight is 348 g/mol. The Morgan fingerprint density at radius 2 is 1.79 bits per heavy atom. The Hall–Kier alpha value is -2.38. The van der Waals surface area contributed by atoms with Gasteiger partial charge in [0.15, 0.2) is 0 Å². The summed E-state index contributed by atoms with van der Waals surface area (Å²) < 4.78 is 32.5. The zero-order valence-electron chi connectivity index (χ0n) is 13.6. The molecular weight excluding hydrogens is 328 g/mol. The van der Waals surface area contributed by atoms with E-state index < -0.39 is 15.9 Å². The van der Waals surface area contributed by atoms with Gasteiger partial charge in [-0.1, -0.05) is 25.1 Å². The van der Waals surface area contributed by atoms with Gasteiger partial charge in [0.2, 0.25) is 10.0 Å². The number of hydrogen-bond donors (Lipinski definition) is 2. The molecule has 0 atom stereocenters. The summed E-state index contributed by atoms with van der Waals surface area (Å²) in [6.07, 6.45) is 0. The number of para-hydroxylation sites is 1. The molecule has 2 rings (SSSR count). The van der Waals surface area contributed by atoms with Gasteiger partial charge in [-0.2, -0.15) is 0 Å². The summed E-state index contributed by atoms with van der Waals surface area (Å²) in [5.74, 6) is -0.174. The van der Waals surface area contributed by atoms with Crippen LogP contribution < -0.4 is 14.8 Å². The highest BCUT2D eigenvalue weighted by Crippen LogP contribution is 2.25. The Morgan fingerprint density at radius 3 is 2.42 bits per heavy atom. The van der Waals surface area contributed by atoms with E-state index in [1.165, 1.54) is 18.2 Å². The number of carbonyl (C=O) groups excluding carboxylic acids is 1. The Morgan fingerprint density at radius 1 is 1.08 bits per heavy atom. The minimum absolute atomic E-state index is 0.0492. The van der Waals surface area contributed by atoms with E-state index in [2.05, 4.69) is 10.0 Å². The number of ether oxygens (including phenoxy) is 1. The Balaban J connectivity index is 2.36. The third kappa shape index (κ3) is 4.33. The number of sulfonamides is 1. The lowest BCUT2D eigenvalue weighted by Crippen LogP contribution is -2.24. The highest BCUT2D eigenvalue weighted by atomic mass is 32.2. The van der Waals surface area contributed by atoms with Gasteiger partial charge in [-0.05, 0) is 37.3 Å². The molecule has 0 saturated carbocycles. The van der Waals surface area contributed by atoms with E-state index in [4.69, 9.17) is 4.74 Å². The van der Waals surface area contributed by atoms with Crippen molar-refractivity contribution in [2.45, 2.75) is 18.7 Å². The van der Waals surface area contributed by atoms with Gasteiger partial charge >= 0.3 is 0 Å². The monoisotopic (exact) mass is 348 g/mol. The first-order valence-electron chi connectivity index (χ1n) is 7.60. The summed E-state index contributed by atoms with van der Waals surface area (Å²) in [4.78, 5) is 12.3. The van der Waals surface area contributed by atoms with Crippen molar-refractivity contribution in [3.05, 3.63) is 54.1 Å². The van der Waals surface area contributed by atoms with Crippen LogP contribution in [0.5, 0.6) is 5.75 Å². The van der Waals surface area contributed by atoms with Crippen LogP contribution in [0.3, 0.4) is 0 Å². The molecule has 2 N–H and O–H groups in total. The molecule has 6 nitrogen and oxygen atoms in total. The molecule has 0 radical (unpaired) electrons. The van der Waals surface area contributed by atoms with E-state index in [0.717, 1.165) is 0 Å². The molecule has 7 heteroatoms. The van der Waals surface area contributed by atoms with Crippen molar-refractivity contribution in [3.8, 4) is 5.75 Å². The van der Waals surface area contributed by atoms with E-state index in [1.54, 1.807) is 38.1 Å². The van der Waals surface area contributed by atoms with Crippen LogP contribution in [0.1, 0.15) is 24.2 Å². The highest BCUT2D eigenvalue weighted by Gasteiger charge is 2.21. The second-order valence-electron chi connectivity index (χ2n) is 4.92. The maximum absolute atomic E-state index is 12.4. The molecule has 2 aromatic rings. The maximum Gasteiger partial charge on any atom is 0.255 e. The summed E-state index contributed by atoms with van der Waals surface area (Å²) in [5, 5.41) is 2.73. The molecule has 0 spiro atoms. The van der Waals surface area contributed by atoms with Crippen molar-refractivity contribution in [3.63, 3.8) is 0 Å². The van der Waals surface area contributed by atoms with Gasteiger partial charge in [0.1, 0.15) is 10.6 Å². The fourth-order valence-corrected chi connectivity index (χ4v) is 3.34. The summed E-state index contributed by atoms with van der Waals surface area (Å²) in [7, 11) is -3.75. The van der Waals surface area contributed by atoms with Crippen LogP contribution in [0.15, 0.2) is 53.4 Å². The fourth-order valence-electron chi connectivity index (χ4n) is 2.13. The van der Waals surface area contributed by atoms with Crippen molar-refractivity contribution in [1.82, 2.24) is 4.72 Å². The Kier molecular flexibility index (Phi) is 5.94. The van der Waals surface area contributed by atoms with E-state index in [1.807, 2.05) is 6.07 Å². The molecule has 1 amide bonds. The van der Waals surface area contributed by atoms with Crippen LogP contribution in [0.25, 0.3) is 0 Å². The molecular formula is C17H20N2O4S. The molecule has 0 unspecified atom stereocenters. The molecule has 128 valence electrons. The number of carbonyl (C=O) groups is 1. The van der Waals surface area contributed by atoms with Crippen LogP contribution >= 0.6 is 0 Å². The van der Waals surface area contributed by atoms with Crippen molar-refractivity contribution < 1.29 is 17.9 Å². The van der Waals surface area contributed by atoms with Crippen molar-refractivity contribution in [1.29, 1.82) is 0 Å². The Bertz CT molecular complexity index is 805. The maximum atomic E-state index is 12.4. The van der Waals surface area contributed by atoms with E-state index in [9.17, 15) is 13.2 Å². The van der Waals surface area contributed by atoms with Gasteiger partial charge in [-0.15, -0.1) is 0 Å². The minimum Gasteiger partial charge on any atom is -0.492 e. The summed E-state index contributed by atoms with van der Waals surface area (Å²) in [6, 6.07) is 13.3. The predicted molar refractivity (Wildman–Crippen MR) is 92.9 cm³/mol. The second kappa shape index (κ2) is 7.94. The van der Waals surface area contributed by atoms with Crippen LogP contribution in [-0.2, 0) is 10.0 Å². The first-order valence-corrected chi connectivity index (χ1v) is 9.09. The number of hydrogen-bond acceptors (Lipinski definition) is 4. The summed E-state index contributed by atoms with van der Waals surface area (Å²) in [5.41, 5.74) is 0.867. The normalized spacial score (nSPS) is 11.1. The van der Waals surface area contributed by atoms with Gasteiger partial charge in [0.05, 0.1) is 6.61 Å². The lowest BCUT2D eigenvalue weighted by molar-refractivity contribution is 0.102. The van der Waals surface area contributed by atoms with E-state index in [-0.39, 0.29) is 22.8 Å². The fraction of sp³-hybridized carbons (Fsp3) is 0.235. The molecule has 0 aliphatic carbocycles. The molecule has 0 saturated heterocycles. The molecule has 2 aromatic carbocycles. The van der Waals surface area contributed by atoms with Crippen molar-refractivity contribution >= 4 is 21.6 Å². The Labute approximate surface area is 141 Å². The van der Waals surface area contributed by atoms with Crippen LogP contribution in [0, 0.1) is 0 Å². The molecule has 0 heterocycles. The molecule has 0 aromatic heterocycles. The zero-order chi connectivity index (χ0) is 17.6. The number of benzene rings is 2. The van der Waals surface area contributed by atoms with Crippen LogP contribution in [0.4, 0.5) is 5.69 Å². The van der Waals surface area contributed by atoms with Gasteiger partial charge in [-0.25, -0.2) is 13.1 Å². The van der Waals surface area contributed by atoms with Gasteiger partial charge < -0.3 is 10.1 Å². The number of anilines is 1. The first kappa shape index (κ1) is 18.0. The van der Waals surface area contributed by atoms with Gasteiger partial charge in [0.25, 0.3) is 5.91 Å². The van der Waals surface area contributed by atoms with E-state index in [0.29, 0.717) is 12.3 Å². The average Bonchev–Trinajstić information content (AvgIpc) is 2.56. The predicted octanol–water partition coefficient (Wildman–Crippen LogP) is 2.64. The van der Waals surface area contributed by atoms with Crippen LogP contribution in [0.2, 0.25) is 0 Å².